The number of benzene rings is 11. The van der Waals surface area contributed by atoms with E-state index in [1.807, 2.05) is 6.07 Å². The first-order valence-corrected chi connectivity index (χ1v) is 23.1. The number of hydrogen-bond donors (Lipinski definition) is 0. The summed E-state index contributed by atoms with van der Waals surface area (Å²) in [5, 5.41) is 2.16. The fraction of sp³-hybridized carbons (Fsp3) is 0. The summed E-state index contributed by atoms with van der Waals surface area (Å²) >= 11 is 0. The van der Waals surface area contributed by atoms with Gasteiger partial charge in [0.05, 0.1) is 0 Å². The maximum absolute atomic E-state index is 6.45. The smallest absolute Gasteiger partial charge is 0.227 e. The lowest BCUT2D eigenvalue weighted by Crippen LogP contribution is -2.10. The molecular formula is C65H44N2O. The van der Waals surface area contributed by atoms with E-state index in [0.29, 0.717) is 5.89 Å². The Balaban J connectivity index is 0.965. The first kappa shape index (κ1) is 40.5. The molecule has 0 aliphatic rings. The fourth-order valence-electron chi connectivity index (χ4n) is 9.50. The van der Waals surface area contributed by atoms with Crippen LogP contribution in [0.2, 0.25) is 0 Å². The number of aromatic nitrogens is 1. The Kier molecular flexibility index (Phi) is 10.6. The van der Waals surface area contributed by atoms with Gasteiger partial charge in [-0.2, -0.15) is 0 Å². The van der Waals surface area contributed by atoms with Crippen molar-refractivity contribution in [2.75, 3.05) is 4.90 Å². The molecular weight excluding hydrogens is 825 g/mol. The lowest BCUT2D eigenvalue weighted by molar-refractivity contribution is 0.620. The summed E-state index contributed by atoms with van der Waals surface area (Å²) < 4.78 is 6.45. The van der Waals surface area contributed by atoms with Crippen LogP contribution in [-0.2, 0) is 0 Å². The molecule has 0 fully saturated rings. The summed E-state index contributed by atoms with van der Waals surface area (Å²) in [6.07, 6.45) is 0. The van der Waals surface area contributed by atoms with E-state index in [9.17, 15) is 0 Å². The Labute approximate surface area is 396 Å². The Morgan fingerprint density at radius 2 is 0.721 bits per heavy atom. The van der Waals surface area contributed by atoms with Gasteiger partial charge in [0.1, 0.15) is 5.52 Å². The summed E-state index contributed by atoms with van der Waals surface area (Å²) in [4.78, 5) is 7.51. The highest BCUT2D eigenvalue weighted by atomic mass is 16.3. The van der Waals surface area contributed by atoms with E-state index in [0.717, 1.165) is 83.4 Å². The zero-order valence-corrected chi connectivity index (χ0v) is 37.2. The molecule has 12 aromatic rings. The van der Waals surface area contributed by atoms with Gasteiger partial charge >= 0.3 is 0 Å². The van der Waals surface area contributed by atoms with Crippen LogP contribution in [0, 0.1) is 0 Å². The van der Waals surface area contributed by atoms with Crippen LogP contribution in [0.5, 0.6) is 0 Å². The molecule has 0 amide bonds. The van der Waals surface area contributed by atoms with Gasteiger partial charge in [0.25, 0.3) is 0 Å². The molecule has 320 valence electrons. The van der Waals surface area contributed by atoms with E-state index in [4.69, 9.17) is 9.40 Å². The van der Waals surface area contributed by atoms with Crippen molar-refractivity contribution in [3.8, 4) is 78.2 Å². The molecule has 0 unspecified atom stereocenters. The van der Waals surface area contributed by atoms with Crippen molar-refractivity contribution >= 4 is 38.9 Å². The van der Waals surface area contributed by atoms with E-state index in [1.165, 1.54) is 27.8 Å². The normalized spacial score (nSPS) is 11.2. The molecule has 0 aliphatic heterocycles. The quantitative estimate of drug-likeness (QED) is 0.137. The van der Waals surface area contributed by atoms with Crippen molar-refractivity contribution < 1.29 is 4.42 Å². The van der Waals surface area contributed by atoms with Gasteiger partial charge in [0, 0.05) is 28.0 Å². The molecule has 0 saturated heterocycles. The van der Waals surface area contributed by atoms with E-state index in [-0.39, 0.29) is 0 Å². The summed E-state index contributed by atoms with van der Waals surface area (Å²) in [5.41, 5.74) is 19.7. The number of fused-ring (bicyclic) bond motifs is 3. The van der Waals surface area contributed by atoms with Crippen molar-refractivity contribution in [3.05, 3.63) is 267 Å². The molecule has 1 aromatic heterocycles. The molecule has 0 atom stereocenters. The summed E-state index contributed by atoms with van der Waals surface area (Å²) in [5.74, 6) is 0.608. The molecule has 0 saturated carbocycles. The molecule has 0 radical (unpaired) electrons. The molecule has 3 heteroatoms. The van der Waals surface area contributed by atoms with E-state index in [2.05, 4.69) is 266 Å². The van der Waals surface area contributed by atoms with Crippen molar-refractivity contribution in [2.45, 2.75) is 0 Å². The van der Waals surface area contributed by atoms with Crippen molar-refractivity contribution in [2.24, 2.45) is 0 Å². The van der Waals surface area contributed by atoms with Gasteiger partial charge in [-0.15, -0.1) is 0 Å². The standard InChI is InChI=1S/C65H44N2O/c1-5-15-45(16-6-1)48-27-29-51(30-28-48)54-23-13-24-56(43-54)67(55-37-35-50(36-38-55)47-19-9-3-10-20-47)57-39-40-60(62(44-57)52-21-11-4-12-22-52)58-25-14-26-61-59(58)41-42-63-64(61)66-65(68-63)53-33-31-49(32-34-53)46-17-7-2-8-18-46/h1-44H. The molecule has 68 heavy (non-hydrogen) atoms. The zero-order chi connectivity index (χ0) is 45.2. The second-order valence-electron chi connectivity index (χ2n) is 17.1. The van der Waals surface area contributed by atoms with Crippen LogP contribution in [0.15, 0.2) is 271 Å². The van der Waals surface area contributed by atoms with E-state index in [1.54, 1.807) is 0 Å². The highest BCUT2D eigenvalue weighted by molar-refractivity contribution is 6.11. The summed E-state index contributed by atoms with van der Waals surface area (Å²) in [6, 6.07) is 95.1. The van der Waals surface area contributed by atoms with E-state index >= 15 is 0 Å². The fourth-order valence-corrected chi connectivity index (χ4v) is 9.50. The van der Waals surface area contributed by atoms with Crippen molar-refractivity contribution in [1.82, 2.24) is 4.98 Å². The van der Waals surface area contributed by atoms with E-state index < -0.39 is 0 Å². The summed E-state index contributed by atoms with van der Waals surface area (Å²) in [6.45, 7) is 0. The van der Waals surface area contributed by atoms with Crippen LogP contribution in [0.4, 0.5) is 17.1 Å². The number of oxazole rings is 1. The van der Waals surface area contributed by atoms with Crippen LogP contribution in [0.25, 0.3) is 100 Å². The van der Waals surface area contributed by atoms with Gasteiger partial charge in [0.15, 0.2) is 5.58 Å². The van der Waals surface area contributed by atoms with Crippen LogP contribution >= 0.6 is 0 Å². The van der Waals surface area contributed by atoms with Gasteiger partial charge in [-0.3, -0.25) is 0 Å². The molecule has 0 N–H and O–H groups in total. The van der Waals surface area contributed by atoms with Gasteiger partial charge in [0.2, 0.25) is 5.89 Å². The minimum Gasteiger partial charge on any atom is -0.436 e. The minimum absolute atomic E-state index is 0.608. The van der Waals surface area contributed by atoms with Gasteiger partial charge in [-0.25, -0.2) is 4.98 Å². The average Bonchev–Trinajstić information content (AvgIpc) is 3.88. The number of hydrogen-bond acceptors (Lipinski definition) is 3. The monoisotopic (exact) mass is 868 g/mol. The second-order valence-corrected chi connectivity index (χ2v) is 17.1. The largest absolute Gasteiger partial charge is 0.436 e. The lowest BCUT2D eigenvalue weighted by Gasteiger charge is -2.27. The van der Waals surface area contributed by atoms with Crippen molar-refractivity contribution in [3.63, 3.8) is 0 Å². The molecule has 0 bridgehead atoms. The van der Waals surface area contributed by atoms with Crippen LogP contribution in [0.3, 0.4) is 0 Å². The van der Waals surface area contributed by atoms with Gasteiger partial charge in [-0.05, 0) is 133 Å². The van der Waals surface area contributed by atoms with Crippen LogP contribution in [-0.4, -0.2) is 4.98 Å². The topological polar surface area (TPSA) is 29.3 Å². The number of rotatable bonds is 10. The highest BCUT2D eigenvalue weighted by Gasteiger charge is 2.20. The third-order valence-electron chi connectivity index (χ3n) is 13.0. The molecule has 12 rings (SSSR count). The van der Waals surface area contributed by atoms with Gasteiger partial charge < -0.3 is 9.32 Å². The highest BCUT2D eigenvalue weighted by Crippen LogP contribution is 2.44. The lowest BCUT2D eigenvalue weighted by atomic mass is 9.90. The first-order chi connectivity index (χ1) is 33.7. The molecule has 0 aliphatic carbocycles. The Morgan fingerprint density at radius 3 is 1.31 bits per heavy atom. The third-order valence-corrected chi connectivity index (χ3v) is 13.0. The molecule has 11 aromatic carbocycles. The Hall–Kier alpha value is -9.05. The second kappa shape index (κ2) is 17.7. The third kappa shape index (κ3) is 7.82. The van der Waals surface area contributed by atoms with Crippen molar-refractivity contribution in [1.29, 1.82) is 0 Å². The van der Waals surface area contributed by atoms with Crippen LogP contribution in [0.1, 0.15) is 0 Å². The Morgan fingerprint density at radius 1 is 0.265 bits per heavy atom. The number of anilines is 3. The van der Waals surface area contributed by atoms with Crippen LogP contribution < -0.4 is 4.90 Å². The predicted molar refractivity (Wildman–Crippen MR) is 284 cm³/mol. The minimum atomic E-state index is 0.608. The maximum Gasteiger partial charge on any atom is 0.227 e. The SMILES string of the molecule is c1ccc(-c2ccc(-c3cccc(N(c4ccc(-c5ccccc5)cc4)c4ccc(-c5cccc6c5ccc5oc(-c7ccc(-c8ccccc8)cc7)nc56)c(-c5ccccc5)c4)c3)cc2)cc1. The Bertz CT molecular complexity index is 3680. The number of nitrogens with zero attached hydrogens (tertiary/aromatic N) is 2. The summed E-state index contributed by atoms with van der Waals surface area (Å²) in [7, 11) is 0. The zero-order valence-electron chi connectivity index (χ0n) is 37.2. The maximum atomic E-state index is 6.45. The molecule has 0 spiro atoms. The van der Waals surface area contributed by atoms with Gasteiger partial charge in [-0.1, -0.05) is 206 Å². The molecule has 3 nitrogen and oxygen atoms in total. The molecule has 1 heterocycles. The first-order valence-electron chi connectivity index (χ1n) is 23.1. The average molecular weight is 869 g/mol. The predicted octanol–water partition coefficient (Wildman–Crippen LogP) is 18.1.